The van der Waals surface area contributed by atoms with E-state index in [1.807, 2.05) is 6.21 Å². The van der Waals surface area contributed by atoms with Gasteiger partial charge in [-0.15, -0.1) is 0 Å². The van der Waals surface area contributed by atoms with E-state index < -0.39 is 11.9 Å². The van der Waals surface area contributed by atoms with E-state index >= 15 is 0 Å². The van der Waals surface area contributed by atoms with Gasteiger partial charge in [-0.2, -0.15) is 13.2 Å². The number of ether oxygens (including phenoxy) is 1. The molecular weight excluding hydrogens is 429 g/mol. The van der Waals surface area contributed by atoms with Crippen molar-refractivity contribution in [1.29, 1.82) is 0 Å². The van der Waals surface area contributed by atoms with Gasteiger partial charge in [0.2, 0.25) is 0 Å². The lowest BCUT2D eigenvalue weighted by molar-refractivity contribution is -0.140. The first kappa shape index (κ1) is 20.8. The Balaban J connectivity index is 1.35. The van der Waals surface area contributed by atoms with E-state index in [0.717, 1.165) is 32.1 Å². The molecule has 0 spiro atoms. The zero-order chi connectivity index (χ0) is 22.6. The van der Waals surface area contributed by atoms with Gasteiger partial charge in [0.05, 0.1) is 5.39 Å². The largest absolute Gasteiger partial charge is 0.431 e. The molecule has 6 rings (SSSR count). The van der Waals surface area contributed by atoms with Crippen LogP contribution < -0.4 is 0 Å². The highest BCUT2D eigenvalue weighted by Crippen LogP contribution is 2.50. The molecule has 1 saturated heterocycles. The summed E-state index contributed by atoms with van der Waals surface area (Å²) in [6.45, 7) is 1.74. The van der Waals surface area contributed by atoms with Crippen molar-refractivity contribution in [2.24, 2.45) is 28.7 Å². The molecule has 3 unspecified atom stereocenters. The highest BCUT2D eigenvalue weighted by molar-refractivity contribution is 5.88. The zero-order valence-corrected chi connectivity index (χ0v) is 18.1. The van der Waals surface area contributed by atoms with Crippen LogP contribution in [0.25, 0.3) is 11.0 Å². The maximum absolute atomic E-state index is 13.2. The van der Waals surface area contributed by atoms with Crippen molar-refractivity contribution in [3.63, 3.8) is 0 Å². The standard InChI is InChI=1S/C25H25F3N4O/c26-25(27,28)22-9-20-23(30-13-31-24(20)32-22)29-10-21-18-4-2-1-3-14(18)5-6-19(21)15-7-16-11-33-12-17(16)8-15/h1-4,9-10,13,15-17,19,21H,5-8,11-12H2,(H,30,31,32)/t15?,16-,17?,19-,21?/m1/s1. The minimum absolute atomic E-state index is 0.116. The fourth-order valence-electron chi connectivity index (χ4n) is 6.26. The first-order valence-corrected chi connectivity index (χ1v) is 11.6. The number of nitrogens with one attached hydrogen (secondary N) is 1. The number of aryl methyl sites for hydroxylation is 1. The Labute approximate surface area is 189 Å². The number of halogens is 3. The van der Waals surface area contributed by atoms with Crippen LogP contribution in [0.5, 0.6) is 0 Å². The predicted octanol–water partition coefficient (Wildman–Crippen LogP) is 5.70. The lowest BCUT2D eigenvalue weighted by Gasteiger charge is -2.35. The molecule has 1 aromatic carbocycles. The van der Waals surface area contributed by atoms with Crippen molar-refractivity contribution >= 4 is 23.1 Å². The molecule has 2 aromatic heterocycles. The number of H-pyrrole nitrogens is 1. The summed E-state index contributed by atoms with van der Waals surface area (Å²) in [5, 5.41) is 0.286. The van der Waals surface area contributed by atoms with E-state index in [1.54, 1.807) is 0 Å². The molecule has 3 heterocycles. The van der Waals surface area contributed by atoms with Crippen molar-refractivity contribution in [3.8, 4) is 0 Å². The van der Waals surface area contributed by atoms with Crippen molar-refractivity contribution in [2.75, 3.05) is 13.2 Å². The maximum atomic E-state index is 13.2. The quantitative estimate of drug-likeness (QED) is 0.517. The first-order valence-electron chi connectivity index (χ1n) is 11.6. The molecule has 2 fully saturated rings. The highest BCUT2D eigenvalue weighted by atomic mass is 19.4. The summed E-state index contributed by atoms with van der Waals surface area (Å²) in [5.41, 5.74) is 1.92. The number of rotatable bonds is 3. The van der Waals surface area contributed by atoms with Crippen molar-refractivity contribution in [1.82, 2.24) is 15.0 Å². The van der Waals surface area contributed by atoms with Crippen LogP contribution in [-0.2, 0) is 17.3 Å². The third-order valence-electron chi connectivity index (χ3n) is 7.84. The topological polar surface area (TPSA) is 63.2 Å². The second-order valence-corrected chi connectivity index (χ2v) is 9.63. The summed E-state index contributed by atoms with van der Waals surface area (Å²) in [6.07, 6.45) is 3.24. The molecule has 3 aromatic rings. The average Bonchev–Trinajstić information content (AvgIpc) is 3.51. The number of hydrogen-bond acceptors (Lipinski definition) is 4. The van der Waals surface area contributed by atoms with Gasteiger partial charge in [-0.3, -0.25) is 0 Å². The van der Waals surface area contributed by atoms with Crippen LogP contribution in [0.1, 0.15) is 42.0 Å². The molecule has 1 N–H and O–H groups in total. The van der Waals surface area contributed by atoms with Gasteiger partial charge in [0.1, 0.15) is 17.7 Å². The van der Waals surface area contributed by atoms with Crippen LogP contribution in [0.4, 0.5) is 19.0 Å². The molecular formula is C25H25F3N4O. The molecule has 33 heavy (non-hydrogen) atoms. The molecule has 2 aliphatic carbocycles. The lowest BCUT2D eigenvalue weighted by Crippen LogP contribution is -2.28. The van der Waals surface area contributed by atoms with Gasteiger partial charge in [-0.25, -0.2) is 15.0 Å². The summed E-state index contributed by atoms with van der Waals surface area (Å²) >= 11 is 0. The predicted molar refractivity (Wildman–Crippen MR) is 119 cm³/mol. The molecule has 172 valence electrons. The number of aliphatic imine (C=N–C) groups is 1. The molecule has 5 atom stereocenters. The van der Waals surface area contributed by atoms with Crippen LogP contribution in [0.15, 0.2) is 41.7 Å². The van der Waals surface area contributed by atoms with E-state index in [1.165, 1.54) is 30.3 Å². The summed E-state index contributed by atoms with van der Waals surface area (Å²) in [7, 11) is 0. The van der Waals surface area contributed by atoms with Gasteiger partial charge in [0.15, 0.2) is 5.82 Å². The minimum atomic E-state index is -4.47. The normalized spacial score (nSPS) is 29.6. The summed E-state index contributed by atoms with van der Waals surface area (Å²) in [5.74, 6) is 2.78. The smallest absolute Gasteiger partial charge is 0.381 e. The van der Waals surface area contributed by atoms with E-state index in [0.29, 0.717) is 23.7 Å². The van der Waals surface area contributed by atoms with Crippen molar-refractivity contribution in [2.45, 2.75) is 37.8 Å². The summed E-state index contributed by atoms with van der Waals surface area (Å²) in [4.78, 5) is 15.2. The average molecular weight is 454 g/mol. The van der Waals surface area contributed by atoms with Crippen molar-refractivity contribution < 1.29 is 17.9 Å². The Morgan fingerprint density at radius 2 is 1.85 bits per heavy atom. The number of aromatic amines is 1. The van der Waals surface area contributed by atoms with Crippen LogP contribution in [0.3, 0.4) is 0 Å². The SMILES string of the molecule is FC(F)(F)c1cc2c(N=CC3c4ccccc4CC[C@@H]3C3CC4COC[C@H]4C3)ncnc2[nH]1. The molecule has 0 amide bonds. The van der Waals surface area contributed by atoms with E-state index in [-0.39, 0.29) is 22.8 Å². The second kappa shape index (κ2) is 7.94. The number of nitrogens with zero attached hydrogens (tertiary/aromatic N) is 3. The Morgan fingerprint density at radius 3 is 2.64 bits per heavy atom. The third kappa shape index (κ3) is 3.74. The monoisotopic (exact) mass is 454 g/mol. The molecule has 3 aliphatic rings. The molecule has 8 heteroatoms. The highest BCUT2D eigenvalue weighted by Gasteiger charge is 2.44. The van der Waals surface area contributed by atoms with Crippen molar-refractivity contribution in [3.05, 3.63) is 53.5 Å². The van der Waals surface area contributed by atoms with Gasteiger partial charge >= 0.3 is 6.18 Å². The van der Waals surface area contributed by atoms with Gasteiger partial charge in [-0.1, -0.05) is 24.3 Å². The van der Waals surface area contributed by atoms with Crippen LogP contribution >= 0.6 is 0 Å². The van der Waals surface area contributed by atoms with Gasteiger partial charge in [0.25, 0.3) is 0 Å². The third-order valence-corrected chi connectivity index (χ3v) is 7.84. The summed E-state index contributed by atoms with van der Waals surface area (Å²) in [6, 6.07) is 9.52. The van der Waals surface area contributed by atoms with E-state index in [4.69, 9.17) is 4.74 Å². The second-order valence-electron chi connectivity index (χ2n) is 9.63. The number of alkyl halides is 3. The Hall–Kier alpha value is -2.74. The number of fused-ring (bicyclic) bond motifs is 3. The number of hydrogen-bond donors (Lipinski definition) is 1. The van der Waals surface area contributed by atoms with Crippen LogP contribution in [0, 0.1) is 23.7 Å². The van der Waals surface area contributed by atoms with E-state index in [2.05, 4.69) is 44.2 Å². The Morgan fingerprint density at radius 1 is 1.06 bits per heavy atom. The lowest BCUT2D eigenvalue weighted by atomic mass is 9.69. The fourth-order valence-corrected chi connectivity index (χ4v) is 6.26. The maximum Gasteiger partial charge on any atom is 0.431 e. The van der Waals surface area contributed by atoms with Crippen LogP contribution in [0.2, 0.25) is 0 Å². The van der Waals surface area contributed by atoms with Gasteiger partial charge in [0, 0.05) is 25.3 Å². The molecule has 5 nitrogen and oxygen atoms in total. The Kier molecular flexibility index (Phi) is 5.01. The molecule has 1 aliphatic heterocycles. The number of aromatic nitrogens is 3. The summed E-state index contributed by atoms with van der Waals surface area (Å²) < 4.78 is 45.3. The zero-order valence-electron chi connectivity index (χ0n) is 18.1. The van der Waals surface area contributed by atoms with Crippen LogP contribution in [-0.4, -0.2) is 34.4 Å². The molecule has 1 saturated carbocycles. The van der Waals surface area contributed by atoms with E-state index in [9.17, 15) is 13.2 Å². The first-order chi connectivity index (χ1) is 16.0. The molecule has 0 bridgehead atoms. The number of benzene rings is 1. The van der Waals surface area contributed by atoms with Gasteiger partial charge in [-0.05, 0) is 66.5 Å². The minimum Gasteiger partial charge on any atom is -0.381 e. The van der Waals surface area contributed by atoms with Gasteiger partial charge < -0.3 is 9.72 Å². The Bertz CT molecular complexity index is 1190. The fraction of sp³-hybridized carbons (Fsp3) is 0.480. The molecule has 0 radical (unpaired) electrons.